The molecule has 0 bridgehead atoms. The molecule has 0 aliphatic carbocycles. The van der Waals surface area contributed by atoms with Crippen LogP contribution in [0, 0.1) is 57.2 Å². The molecule has 0 spiro atoms. The number of hydrogen-bond acceptors (Lipinski definition) is 3. The third kappa shape index (κ3) is 4.88. The van der Waals surface area contributed by atoms with Gasteiger partial charge in [-0.3, -0.25) is 0 Å². The average Bonchev–Trinajstić information content (AvgIpc) is 2.33. The summed E-state index contributed by atoms with van der Waals surface area (Å²) >= 11 is 0. The van der Waals surface area contributed by atoms with Gasteiger partial charge in [0.1, 0.15) is 0 Å². The molecule has 0 N–H and O–H groups in total. The fourth-order valence-electron chi connectivity index (χ4n) is 1.76. The van der Waals surface area contributed by atoms with Gasteiger partial charge in [-0.15, -0.1) is 0 Å². The second kappa shape index (κ2) is 6.93. The van der Waals surface area contributed by atoms with Crippen molar-refractivity contribution in [2.75, 3.05) is 0 Å². The van der Waals surface area contributed by atoms with Gasteiger partial charge in [-0.2, -0.15) is 15.8 Å². The molecule has 0 radical (unpaired) electrons. The molecule has 0 aliphatic rings. The first-order chi connectivity index (χ1) is 7.91. The Hall–Kier alpha value is -1.53. The Kier molecular flexibility index (Phi) is 6.30. The summed E-state index contributed by atoms with van der Waals surface area (Å²) in [7, 11) is 0. The summed E-state index contributed by atoms with van der Waals surface area (Å²) in [5.41, 5.74) is -0.0697. The lowest BCUT2D eigenvalue weighted by molar-refractivity contribution is 0.222. The predicted octanol–water partition coefficient (Wildman–Crippen LogP) is 3.64. The summed E-state index contributed by atoms with van der Waals surface area (Å²) in [4.78, 5) is 0. The van der Waals surface area contributed by atoms with Gasteiger partial charge < -0.3 is 0 Å². The maximum Gasteiger partial charge on any atom is 0.0661 e. The van der Waals surface area contributed by atoms with Gasteiger partial charge in [-0.1, -0.05) is 20.8 Å². The van der Waals surface area contributed by atoms with Crippen LogP contribution in [-0.2, 0) is 0 Å². The summed E-state index contributed by atoms with van der Waals surface area (Å²) in [6.45, 7) is 7.99. The zero-order chi connectivity index (χ0) is 13.5. The second-order valence-corrected chi connectivity index (χ2v) is 5.35. The molecular formula is C14H21N3. The van der Waals surface area contributed by atoms with Crippen LogP contribution in [0.4, 0.5) is 0 Å². The Labute approximate surface area is 105 Å². The molecule has 0 heterocycles. The quantitative estimate of drug-likeness (QED) is 0.700. The van der Waals surface area contributed by atoms with Gasteiger partial charge in [0.05, 0.1) is 24.1 Å². The Morgan fingerprint density at radius 2 is 1.59 bits per heavy atom. The van der Waals surface area contributed by atoms with E-state index in [1.807, 2.05) is 6.92 Å². The summed E-state index contributed by atoms with van der Waals surface area (Å²) in [5.74, 6) is -0.438. The minimum atomic E-state index is -0.194. The molecule has 17 heavy (non-hydrogen) atoms. The molecule has 0 aromatic heterocycles. The molecular weight excluding hydrogens is 210 g/mol. The highest BCUT2D eigenvalue weighted by Crippen LogP contribution is 2.35. The molecule has 3 unspecified atom stereocenters. The van der Waals surface area contributed by atoms with Crippen LogP contribution in [0.1, 0.15) is 47.0 Å². The molecule has 0 rings (SSSR count). The molecule has 3 nitrogen and oxygen atoms in total. The van der Waals surface area contributed by atoms with Gasteiger partial charge >= 0.3 is 0 Å². The summed E-state index contributed by atoms with van der Waals surface area (Å²) in [6.07, 6.45) is 2.04. The van der Waals surface area contributed by atoms with Gasteiger partial charge in [-0.05, 0) is 31.6 Å². The summed E-state index contributed by atoms with van der Waals surface area (Å²) in [6, 6.07) is 6.68. The molecule has 0 saturated carbocycles. The standard InChI is InChI=1S/C14H21N3/c1-5-14(3,4)13(10-17)7-12(9-16)6-11(2)8-15/h11-13H,5-7H2,1-4H3. The van der Waals surface area contributed by atoms with Gasteiger partial charge in [0.2, 0.25) is 0 Å². The Balaban J connectivity index is 4.63. The highest BCUT2D eigenvalue weighted by Gasteiger charge is 2.30. The van der Waals surface area contributed by atoms with Crippen molar-refractivity contribution in [1.82, 2.24) is 0 Å². The van der Waals surface area contributed by atoms with Crippen molar-refractivity contribution in [1.29, 1.82) is 15.8 Å². The first kappa shape index (κ1) is 15.5. The molecule has 0 fully saturated rings. The molecule has 0 saturated heterocycles. The number of rotatable bonds is 6. The van der Waals surface area contributed by atoms with E-state index in [-0.39, 0.29) is 23.2 Å². The van der Waals surface area contributed by atoms with Crippen molar-refractivity contribution < 1.29 is 0 Å². The molecule has 3 heteroatoms. The minimum Gasteiger partial charge on any atom is -0.198 e. The minimum absolute atomic E-state index is 0.0697. The van der Waals surface area contributed by atoms with E-state index in [0.717, 1.165) is 6.42 Å². The topological polar surface area (TPSA) is 71.4 Å². The molecule has 0 aliphatic heterocycles. The van der Waals surface area contributed by atoms with E-state index in [1.165, 1.54) is 0 Å². The number of nitriles is 3. The van der Waals surface area contributed by atoms with Crippen LogP contribution in [0.5, 0.6) is 0 Å². The first-order valence-corrected chi connectivity index (χ1v) is 6.10. The maximum absolute atomic E-state index is 9.20. The largest absolute Gasteiger partial charge is 0.198 e. The van der Waals surface area contributed by atoms with Crippen molar-refractivity contribution in [3.63, 3.8) is 0 Å². The van der Waals surface area contributed by atoms with E-state index in [4.69, 9.17) is 10.5 Å². The van der Waals surface area contributed by atoms with E-state index in [2.05, 4.69) is 39.0 Å². The van der Waals surface area contributed by atoms with Crippen LogP contribution >= 0.6 is 0 Å². The third-order valence-corrected chi connectivity index (χ3v) is 3.57. The van der Waals surface area contributed by atoms with E-state index < -0.39 is 0 Å². The van der Waals surface area contributed by atoms with Crippen LogP contribution in [0.15, 0.2) is 0 Å². The van der Waals surface area contributed by atoms with Crippen LogP contribution in [0.25, 0.3) is 0 Å². The van der Waals surface area contributed by atoms with Crippen molar-refractivity contribution in [2.24, 2.45) is 23.2 Å². The molecule has 0 amide bonds. The predicted molar refractivity (Wildman–Crippen MR) is 66.3 cm³/mol. The normalized spacial score (nSPS) is 16.1. The fourth-order valence-corrected chi connectivity index (χ4v) is 1.76. The van der Waals surface area contributed by atoms with Crippen molar-refractivity contribution in [3.05, 3.63) is 0 Å². The number of nitrogens with zero attached hydrogens (tertiary/aromatic N) is 3. The fraction of sp³-hybridized carbons (Fsp3) is 0.786. The van der Waals surface area contributed by atoms with Gasteiger partial charge in [0, 0.05) is 11.8 Å². The molecule has 92 valence electrons. The van der Waals surface area contributed by atoms with Crippen LogP contribution in [-0.4, -0.2) is 0 Å². The van der Waals surface area contributed by atoms with E-state index in [9.17, 15) is 5.26 Å². The SMILES string of the molecule is CCC(C)(C)C(C#N)CC(C#N)CC(C)C#N. The Bertz CT molecular complexity index is 351. The van der Waals surface area contributed by atoms with Gasteiger partial charge in [-0.25, -0.2) is 0 Å². The Morgan fingerprint density at radius 1 is 1.00 bits per heavy atom. The maximum atomic E-state index is 9.20. The molecule has 0 aromatic carbocycles. The third-order valence-electron chi connectivity index (χ3n) is 3.57. The van der Waals surface area contributed by atoms with Crippen molar-refractivity contribution in [3.8, 4) is 18.2 Å². The zero-order valence-electron chi connectivity index (χ0n) is 11.2. The number of hydrogen-bond donors (Lipinski definition) is 0. The van der Waals surface area contributed by atoms with Crippen LogP contribution in [0.2, 0.25) is 0 Å². The first-order valence-electron chi connectivity index (χ1n) is 6.10. The van der Waals surface area contributed by atoms with E-state index in [0.29, 0.717) is 12.8 Å². The highest BCUT2D eigenvalue weighted by atomic mass is 14.4. The van der Waals surface area contributed by atoms with Gasteiger partial charge in [0.25, 0.3) is 0 Å². The second-order valence-electron chi connectivity index (χ2n) is 5.35. The lowest BCUT2D eigenvalue weighted by Crippen LogP contribution is -2.24. The lowest BCUT2D eigenvalue weighted by Gasteiger charge is -2.29. The molecule has 3 atom stereocenters. The monoisotopic (exact) mass is 231 g/mol. The van der Waals surface area contributed by atoms with Crippen LogP contribution < -0.4 is 0 Å². The van der Waals surface area contributed by atoms with Crippen molar-refractivity contribution >= 4 is 0 Å². The van der Waals surface area contributed by atoms with Gasteiger partial charge in [0.15, 0.2) is 0 Å². The summed E-state index contributed by atoms with van der Waals surface area (Å²) in [5, 5.41) is 27.0. The van der Waals surface area contributed by atoms with Crippen LogP contribution in [0.3, 0.4) is 0 Å². The Morgan fingerprint density at radius 3 is 1.94 bits per heavy atom. The average molecular weight is 231 g/mol. The smallest absolute Gasteiger partial charge is 0.0661 e. The lowest BCUT2D eigenvalue weighted by atomic mass is 9.73. The summed E-state index contributed by atoms with van der Waals surface area (Å²) < 4.78 is 0. The highest BCUT2D eigenvalue weighted by molar-refractivity contribution is 4.99. The zero-order valence-corrected chi connectivity index (χ0v) is 11.2. The van der Waals surface area contributed by atoms with Crippen molar-refractivity contribution in [2.45, 2.75) is 47.0 Å². The molecule has 0 aromatic rings. The van der Waals surface area contributed by atoms with E-state index >= 15 is 0 Å². The van der Waals surface area contributed by atoms with E-state index in [1.54, 1.807) is 0 Å².